The third-order valence-electron chi connectivity index (χ3n) is 5.13. The molecular weight excluding hydrogens is 412 g/mol. The Balaban J connectivity index is 1.99. The summed E-state index contributed by atoms with van der Waals surface area (Å²) in [6.07, 6.45) is 1.52. The second-order valence-corrected chi connectivity index (χ2v) is 7.01. The minimum atomic E-state index is -0.624. The number of rotatable bonds is 4. The van der Waals surface area contributed by atoms with Crippen LogP contribution in [0.4, 0.5) is 5.69 Å². The van der Waals surface area contributed by atoms with Gasteiger partial charge in [-0.2, -0.15) is 10.4 Å². The van der Waals surface area contributed by atoms with Gasteiger partial charge in [0.1, 0.15) is 0 Å². The molecule has 2 heterocycles. The van der Waals surface area contributed by atoms with Crippen LogP contribution < -0.4 is 11.2 Å². The molecule has 4 aromatic rings. The number of non-ortho nitro benzene ring substituents is 1. The van der Waals surface area contributed by atoms with Crippen molar-refractivity contribution in [3.05, 3.63) is 103 Å². The minimum absolute atomic E-state index is 0.174. The number of nitrogens with zero attached hydrogens (tertiary/aromatic N) is 6. The summed E-state index contributed by atoms with van der Waals surface area (Å²) in [7, 11) is 1.35. The van der Waals surface area contributed by atoms with Crippen molar-refractivity contribution in [3.8, 4) is 28.7 Å². The Kier molecular flexibility index (Phi) is 5.00. The Morgan fingerprint density at radius 3 is 2.44 bits per heavy atom. The fourth-order valence-electron chi connectivity index (χ4n) is 3.53. The Hall–Kier alpha value is -4.78. The second kappa shape index (κ2) is 7.81. The van der Waals surface area contributed by atoms with Gasteiger partial charge in [0.05, 0.1) is 45.4 Å². The van der Waals surface area contributed by atoms with E-state index in [0.29, 0.717) is 22.6 Å². The largest absolute Gasteiger partial charge is 0.335 e. The number of benzene rings is 2. The standard InChI is InChI=1S/C22H16N6O4/c1-14-20(19-10-11-24-27(19)16-8-6-15(13-23)7-9-16)21(29)25(2)22(30)26(14)17-4-3-5-18(12-17)28(31)32/h3-12H,1-2H3. The van der Waals surface area contributed by atoms with Gasteiger partial charge in [0.25, 0.3) is 11.2 Å². The Labute approximate surface area is 181 Å². The van der Waals surface area contributed by atoms with E-state index >= 15 is 0 Å². The summed E-state index contributed by atoms with van der Waals surface area (Å²) in [6.45, 7) is 1.60. The molecule has 0 fully saturated rings. The van der Waals surface area contributed by atoms with Crippen LogP contribution in [-0.2, 0) is 7.05 Å². The summed E-state index contributed by atoms with van der Waals surface area (Å²) < 4.78 is 3.75. The molecule has 0 saturated heterocycles. The first-order valence-corrected chi connectivity index (χ1v) is 9.46. The van der Waals surface area contributed by atoms with E-state index < -0.39 is 16.2 Å². The highest BCUT2D eigenvalue weighted by Crippen LogP contribution is 2.24. The first-order valence-electron chi connectivity index (χ1n) is 9.46. The maximum absolute atomic E-state index is 13.1. The van der Waals surface area contributed by atoms with Gasteiger partial charge in [0.15, 0.2) is 0 Å². The van der Waals surface area contributed by atoms with Crippen molar-refractivity contribution in [2.24, 2.45) is 7.05 Å². The van der Waals surface area contributed by atoms with Crippen molar-refractivity contribution in [1.29, 1.82) is 5.26 Å². The molecule has 0 atom stereocenters. The first-order chi connectivity index (χ1) is 15.3. The molecule has 0 amide bonds. The average Bonchev–Trinajstić information content (AvgIpc) is 3.27. The lowest BCUT2D eigenvalue weighted by molar-refractivity contribution is -0.384. The molecule has 0 aliphatic rings. The number of hydrogen-bond acceptors (Lipinski definition) is 6. The van der Waals surface area contributed by atoms with Crippen molar-refractivity contribution >= 4 is 5.69 Å². The molecule has 10 heteroatoms. The molecule has 32 heavy (non-hydrogen) atoms. The van der Waals surface area contributed by atoms with E-state index in [0.717, 1.165) is 4.57 Å². The zero-order valence-electron chi connectivity index (χ0n) is 17.1. The first kappa shape index (κ1) is 20.5. The van der Waals surface area contributed by atoms with E-state index in [1.165, 1.54) is 40.7 Å². The van der Waals surface area contributed by atoms with Gasteiger partial charge in [-0.25, -0.2) is 9.48 Å². The van der Waals surface area contributed by atoms with Crippen molar-refractivity contribution in [2.75, 3.05) is 0 Å². The zero-order chi connectivity index (χ0) is 23.0. The third kappa shape index (κ3) is 3.27. The zero-order valence-corrected chi connectivity index (χ0v) is 17.1. The number of nitro benzene ring substituents is 1. The fourth-order valence-corrected chi connectivity index (χ4v) is 3.53. The van der Waals surface area contributed by atoms with Crippen LogP contribution in [0.2, 0.25) is 0 Å². The van der Waals surface area contributed by atoms with Crippen LogP contribution in [0.25, 0.3) is 22.6 Å². The molecule has 4 rings (SSSR count). The average molecular weight is 428 g/mol. The smallest absolute Gasteiger partial charge is 0.268 e. The number of nitriles is 1. The van der Waals surface area contributed by atoms with Crippen molar-refractivity contribution in [3.63, 3.8) is 0 Å². The van der Waals surface area contributed by atoms with Crippen molar-refractivity contribution < 1.29 is 4.92 Å². The van der Waals surface area contributed by atoms with Gasteiger partial charge in [-0.05, 0) is 43.3 Å². The van der Waals surface area contributed by atoms with Gasteiger partial charge >= 0.3 is 5.69 Å². The molecule has 0 saturated carbocycles. The van der Waals surface area contributed by atoms with Crippen LogP contribution in [-0.4, -0.2) is 23.8 Å². The molecule has 0 bridgehead atoms. The van der Waals surface area contributed by atoms with Gasteiger partial charge in [0.2, 0.25) is 0 Å². The third-order valence-corrected chi connectivity index (χ3v) is 5.13. The predicted molar refractivity (Wildman–Crippen MR) is 116 cm³/mol. The van der Waals surface area contributed by atoms with E-state index in [1.807, 2.05) is 6.07 Å². The molecule has 0 radical (unpaired) electrons. The summed E-state index contributed by atoms with van der Waals surface area (Å²) in [4.78, 5) is 36.7. The maximum Gasteiger partial charge on any atom is 0.335 e. The topological polar surface area (TPSA) is 129 Å². The van der Waals surface area contributed by atoms with E-state index in [2.05, 4.69) is 5.10 Å². The van der Waals surface area contributed by atoms with Crippen molar-refractivity contribution in [2.45, 2.75) is 6.92 Å². The summed E-state index contributed by atoms with van der Waals surface area (Å²) in [6, 6.07) is 16.0. The quantitative estimate of drug-likeness (QED) is 0.363. The SMILES string of the molecule is Cc1c(-c2ccnn2-c2ccc(C#N)cc2)c(=O)n(C)c(=O)n1-c1cccc([N+](=O)[O-])c1. The Morgan fingerprint density at radius 1 is 1.06 bits per heavy atom. The molecule has 2 aromatic carbocycles. The van der Waals surface area contributed by atoms with E-state index in [4.69, 9.17) is 5.26 Å². The van der Waals surface area contributed by atoms with Crippen LogP contribution >= 0.6 is 0 Å². The lowest BCUT2D eigenvalue weighted by Crippen LogP contribution is -2.40. The van der Waals surface area contributed by atoms with Crippen LogP contribution in [0.1, 0.15) is 11.3 Å². The van der Waals surface area contributed by atoms with Crippen LogP contribution in [0, 0.1) is 28.4 Å². The molecule has 0 N–H and O–H groups in total. The van der Waals surface area contributed by atoms with Gasteiger partial charge in [-0.15, -0.1) is 0 Å². The molecule has 0 spiro atoms. The molecule has 10 nitrogen and oxygen atoms in total. The Morgan fingerprint density at radius 2 is 1.78 bits per heavy atom. The van der Waals surface area contributed by atoms with Crippen LogP contribution in [0.15, 0.2) is 70.4 Å². The number of nitro groups is 1. The monoisotopic (exact) mass is 428 g/mol. The highest BCUT2D eigenvalue weighted by Gasteiger charge is 2.21. The second-order valence-electron chi connectivity index (χ2n) is 7.01. The van der Waals surface area contributed by atoms with Crippen molar-refractivity contribution in [1.82, 2.24) is 18.9 Å². The summed E-state index contributed by atoms with van der Waals surface area (Å²) >= 11 is 0. The molecular formula is C22H16N6O4. The maximum atomic E-state index is 13.1. The normalized spacial score (nSPS) is 10.7. The number of aromatic nitrogens is 4. The number of hydrogen-bond donors (Lipinski definition) is 0. The highest BCUT2D eigenvalue weighted by atomic mass is 16.6. The van der Waals surface area contributed by atoms with E-state index in [-0.39, 0.29) is 16.9 Å². The predicted octanol–water partition coefficient (Wildman–Crippen LogP) is 2.48. The molecule has 158 valence electrons. The summed E-state index contributed by atoms with van der Waals surface area (Å²) in [5, 5.41) is 24.5. The summed E-state index contributed by atoms with van der Waals surface area (Å²) in [5.74, 6) is 0. The fraction of sp³-hybridized carbons (Fsp3) is 0.0909. The highest BCUT2D eigenvalue weighted by molar-refractivity contribution is 5.64. The lowest BCUT2D eigenvalue weighted by Gasteiger charge is -2.16. The molecule has 0 aliphatic carbocycles. The van der Waals surface area contributed by atoms with Gasteiger partial charge in [0, 0.05) is 24.9 Å². The van der Waals surface area contributed by atoms with Crippen LogP contribution in [0.3, 0.4) is 0 Å². The summed E-state index contributed by atoms with van der Waals surface area (Å²) in [5.41, 5.74) is 1.02. The molecule has 0 unspecified atom stereocenters. The molecule has 2 aromatic heterocycles. The van der Waals surface area contributed by atoms with Gasteiger partial charge in [-0.1, -0.05) is 6.07 Å². The van der Waals surface area contributed by atoms with Gasteiger partial charge < -0.3 is 0 Å². The van der Waals surface area contributed by atoms with E-state index in [1.54, 1.807) is 43.3 Å². The minimum Gasteiger partial charge on any atom is -0.268 e. The van der Waals surface area contributed by atoms with Gasteiger partial charge in [-0.3, -0.25) is 24.0 Å². The van der Waals surface area contributed by atoms with E-state index in [9.17, 15) is 19.7 Å². The lowest BCUT2D eigenvalue weighted by atomic mass is 10.1. The Bertz CT molecular complexity index is 1520. The molecule has 0 aliphatic heterocycles. The van der Waals surface area contributed by atoms with Crippen LogP contribution in [0.5, 0.6) is 0 Å².